The van der Waals surface area contributed by atoms with Gasteiger partial charge in [0, 0.05) is 12.1 Å². The summed E-state index contributed by atoms with van der Waals surface area (Å²) in [5.41, 5.74) is 7.43. The Morgan fingerprint density at radius 2 is 1.82 bits per heavy atom. The molecule has 0 heterocycles. The van der Waals surface area contributed by atoms with Gasteiger partial charge >= 0.3 is 0 Å². The predicted molar refractivity (Wildman–Crippen MR) is 75.0 cm³/mol. The fourth-order valence-corrected chi connectivity index (χ4v) is 2.16. The van der Waals surface area contributed by atoms with Crippen molar-refractivity contribution in [2.75, 3.05) is 13.1 Å². The first-order chi connectivity index (χ1) is 8.15. The van der Waals surface area contributed by atoms with Crippen LogP contribution in [-0.4, -0.2) is 24.0 Å². The molecule has 1 aromatic rings. The molecule has 0 bridgehead atoms. The average Bonchev–Trinajstić information content (AvgIpc) is 2.35. The van der Waals surface area contributed by atoms with Crippen molar-refractivity contribution in [3.05, 3.63) is 35.9 Å². The Kier molecular flexibility index (Phi) is 6.23. The van der Waals surface area contributed by atoms with Crippen molar-refractivity contribution in [3.63, 3.8) is 0 Å². The van der Waals surface area contributed by atoms with Gasteiger partial charge in [0.2, 0.25) is 0 Å². The number of nitrogens with two attached hydrogens (primary N) is 1. The maximum atomic E-state index is 6.18. The summed E-state index contributed by atoms with van der Waals surface area (Å²) in [5.74, 6) is 0. The van der Waals surface area contributed by atoms with Gasteiger partial charge in [-0.2, -0.15) is 0 Å². The minimum atomic E-state index is 0.182. The Hall–Kier alpha value is -0.860. The van der Waals surface area contributed by atoms with Crippen molar-refractivity contribution in [1.29, 1.82) is 0 Å². The number of benzene rings is 1. The standard InChI is InChI=1S/C15H26N2/c1-4-17(13(2)3)12-8-11-15(16)14-9-6-5-7-10-14/h5-7,9-10,13,15H,4,8,11-12,16H2,1-3H3. The van der Waals surface area contributed by atoms with Crippen LogP contribution in [0, 0.1) is 0 Å². The van der Waals surface area contributed by atoms with Crippen LogP contribution in [0.5, 0.6) is 0 Å². The summed E-state index contributed by atoms with van der Waals surface area (Å²) in [6.45, 7) is 8.99. The van der Waals surface area contributed by atoms with Gasteiger partial charge in [-0.1, -0.05) is 37.3 Å². The molecule has 0 spiro atoms. The summed E-state index contributed by atoms with van der Waals surface area (Å²) in [7, 11) is 0. The van der Waals surface area contributed by atoms with Gasteiger partial charge in [0.1, 0.15) is 0 Å². The molecule has 96 valence electrons. The molecular weight excluding hydrogens is 208 g/mol. The van der Waals surface area contributed by atoms with E-state index in [2.05, 4.69) is 49.9 Å². The zero-order chi connectivity index (χ0) is 12.7. The van der Waals surface area contributed by atoms with E-state index in [1.165, 1.54) is 12.0 Å². The second-order valence-electron chi connectivity index (χ2n) is 4.88. The van der Waals surface area contributed by atoms with Crippen molar-refractivity contribution in [1.82, 2.24) is 4.90 Å². The smallest absolute Gasteiger partial charge is 0.0295 e. The Labute approximate surface area is 106 Å². The summed E-state index contributed by atoms with van der Waals surface area (Å²) in [6, 6.07) is 11.2. The molecule has 0 aliphatic carbocycles. The quantitative estimate of drug-likeness (QED) is 0.785. The van der Waals surface area contributed by atoms with E-state index < -0.39 is 0 Å². The second-order valence-corrected chi connectivity index (χ2v) is 4.88. The van der Waals surface area contributed by atoms with Gasteiger partial charge in [0.05, 0.1) is 0 Å². The highest BCUT2D eigenvalue weighted by atomic mass is 15.1. The summed E-state index contributed by atoms with van der Waals surface area (Å²) in [6.07, 6.45) is 2.23. The van der Waals surface area contributed by atoms with Crippen molar-refractivity contribution in [3.8, 4) is 0 Å². The zero-order valence-electron chi connectivity index (χ0n) is 11.4. The third-order valence-corrected chi connectivity index (χ3v) is 3.32. The molecule has 0 amide bonds. The number of hydrogen-bond donors (Lipinski definition) is 1. The van der Waals surface area contributed by atoms with Crippen LogP contribution >= 0.6 is 0 Å². The summed E-state index contributed by atoms with van der Waals surface area (Å²) >= 11 is 0. The first-order valence-electron chi connectivity index (χ1n) is 6.69. The molecule has 0 saturated heterocycles. The lowest BCUT2D eigenvalue weighted by Gasteiger charge is -2.25. The van der Waals surface area contributed by atoms with Crippen LogP contribution in [0.3, 0.4) is 0 Å². The number of rotatable bonds is 7. The van der Waals surface area contributed by atoms with Crippen LogP contribution < -0.4 is 5.73 Å². The molecule has 1 aromatic carbocycles. The second kappa shape index (κ2) is 7.46. The lowest BCUT2D eigenvalue weighted by atomic mass is 10.0. The highest BCUT2D eigenvalue weighted by Gasteiger charge is 2.09. The lowest BCUT2D eigenvalue weighted by Crippen LogP contribution is -2.31. The van der Waals surface area contributed by atoms with E-state index in [4.69, 9.17) is 5.73 Å². The van der Waals surface area contributed by atoms with E-state index in [-0.39, 0.29) is 6.04 Å². The maximum Gasteiger partial charge on any atom is 0.0295 e. The Balaban J connectivity index is 2.31. The molecular formula is C15H26N2. The molecule has 0 radical (unpaired) electrons. The van der Waals surface area contributed by atoms with Crippen molar-refractivity contribution >= 4 is 0 Å². The molecule has 1 rings (SSSR count). The van der Waals surface area contributed by atoms with Crippen LogP contribution in [-0.2, 0) is 0 Å². The predicted octanol–water partition coefficient (Wildman–Crippen LogP) is 3.20. The Morgan fingerprint density at radius 3 is 2.35 bits per heavy atom. The van der Waals surface area contributed by atoms with Crippen LogP contribution in [0.15, 0.2) is 30.3 Å². The summed E-state index contributed by atoms with van der Waals surface area (Å²) < 4.78 is 0. The molecule has 0 saturated carbocycles. The van der Waals surface area contributed by atoms with Gasteiger partial charge in [-0.3, -0.25) is 0 Å². The summed E-state index contributed by atoms with van der Waals surface area (Å²) in [4.78, 5) is 2.48. The van der Waals surface area contributed by atoms with E-state index in [0.29, 0.717) is 6.04 Å². The van der Waals surface area contributed by atoms with Crippen molar-refractivity contribution in [2.24, 2.45) is 5.73 Å². The molecule has 1 unspecified atom stereocenters. The average molecular weight is 234 g/mol. The Morgan fingerprint density at radius 1 is 1.18 bits per heavy atom. The fourth-order valence-electron chi connectivity index (χ4n) is 2.16. The fraction of sp³-hybridized carbons (Fsp3) is 0.600. The van der Waals surface area contributed by atoms with Crippen molar-refractivity contribution < 1.29 is 0 Å². The largest absolute Gasteiger partial charge is 0.324 e. The first kappa shape index (κ1) is 14.2. The van der Waals surface area contributed by atoms with Gasteiger partial charge in [-0.15, -0.1) is 0 Å². The first-order valence-corrected chi connectivity index (χ1v) is 6.69. The molecule has 1 atom stereocenters. The molecule has 0 aliphatic heterocycles. The van der Waals surface area contributed by atoms with Crippen molar-refractivity contribution in [2.45, 2.75) is 45.7 Å². The third-order valence-electron chi connectivity index (χ3n) is 3.32. The topological polar surface area (TPSA) is 29.3 Å². The maximum absolute atomic E-state index is 6.18. The monoisotopic (exact) mass is 234 g/mol. The van der Waals surface area contributed by atoms with Gasteiger partial charge in [-0.05, 0) is 45.3 Å². The van der Waals surface area contributed by atoms with E-state index in [1.807, 2.05) is 6.07 Å². The van der Waals surface area contributed by atoms with Gasteiger partial charge < -0.3 is 10.6 Å². The SMILES string of the molecule is CCN(CCCC(N)c1ccccc1)C(C)C. The van der Waals surface area contributed by atoms with Crippen LogP contribution in [0.25, 0.3) is 0 Å². The molecule has 0 aliphatic rings. The highest BCUT2D eigenvalue weighted by molar-refractivity contribution is 5.18. The van der Waals surface area contributed by atoms with E-state index in [9.17, 15) is 0 Å². The van der Waals surface area contributed by atoms with Crippen LogP contribution in [0.4, 0.5) is 0 Å². The normalized spacial score (nSPS) is 13.3. The van der Waals surface area contributed by atoms with E-state index in [1.54, 1.807) is 0 Å². The highest BCUT2D eigenvalue weighted by Crippen LogP contribution is 2.15. The Bertz CT molecular complexity index is 295. The number of nitrogens with zero attached hydrogens (tertiary/aromatic N) is 1. The third kappa shape index (κ3) is 4.88. The van der Waals surface area contributed by atoms with Gasteiger partial charge in [0.15, 0.2) is 0 Å². The van der Waals surface area contributed by atoms with E-state index in [0.717, 1.165) is 19.5 Å². The van der Waals surface area contributed by atoms with Gasteiger partial charge in [-0.25, -0.2) is 0 Å². The summed E-state index contributed by atoms with van der Waals surface area (Å²) in [5, 5.41) is 0. The molecule has 2 heteroatoms. The van der Waals surface area contributed by atoms with Gasteiger partial charge in [0.25, 0.3) is 0 Å². The van der Waals surface area contributed by atoms with Crippen LogP contribution in [0.1, 0.15) is 45.2 Å². The molecule has 17 heavy (non-hydrogen) atoms. The molecule has 2 N–H and O–H groups in total. The lowest BCUT2D eigenvalue weighted by molar-refractivity contribution is 0.227. The zero-order valence-corrected chi connectivity index (χ0v) is 11.4. The van der Waals surface area contributed by atoms with Crippen LogP contribution in [0.2, 0.25) is 0 Å². The minimum absolute atomic E-state index is 0.182. The van der Waals surface area contributed by atoms with E-state index >= 15 is 0 Å². The molecule has 2 nitrogen and oxygen atoms in total. The molecule has 0 fully saturated rings. The molecule has 0 aromatic heterocycles. The minimum Gasteiger partial charge on any atom is -0.324 e. The number of hydrogen-bond acceptors (Lipinski definition) is 2.